The smallest absolute Gasteiger partial charge is 0.263 e. The molecule has 1 N–H and O–H groups in total. The van der Waals surface area contributed by atoms with Gasteiger partial charge in [-0.25, -0.2) is 13.4 Å². The minimum Gasteiger partial charge on any atom is -0.316 e. The second-order valence-electron chi connectivity index (χ2n) is 7.86. The Bertz CT molecular complexity index is 1530. The molecular weight excluding hydrogens is 490 g/mol. The highest BCUT2D eigenvalue weighted by atomic mass is 32.2. The van der Waals surface area contributed by atoms with Gasteiger partial charge in [-0.2, -0.15) is 5.10 Å². The third-order valence-corrected chi connectivity index (χ3v) is 7.59. The van der Waals surface area contributed by atoms with Crippen molar-refractivity contribution >= 4 is 38.4 Å². The number of hydrazone groups is 1. The van der Waals surface area contributed by atoms with Crippen LogP contribution in [0.2, 0.25) is 0 Å². The lowest BCUT2D eigenvalue weighted by Crippen LogP contribution is -2.16. The summed E-state index contributed by atoms with van der Waals surface area (Å²) in [4.78, 5) is 4.15. The Hall–Kier alpha value is -4.21. The van der Waals surface area contributed by atoms with Crippen LogP contribution >= 0.6 is 11.3 Å². The fourth-order valence-electron chi connectivity index (χ4n) is 3.65. The number of anilines is 2. The van der Waals surface area contributed by atoms with Crippen LogP contribution in [0, 0.1) is 0 Å². The van der Waals surface area contributed by atoms with Crippen LogP contribution in [0.3, 0.4) is 0 Å². The van der Waals surface area contributed by atoms with Gasteiger partial charge in [0.05, 0.1) is 29.0 Å². The van der Waals surface area contributed by atoms with Crippen molar-refractivity contribution in [3.63, 3.8) is 0 Å². The van der Waals surface area contributed by atoms with E-state index in [4.69, 9.17) is 5.10 Å². The molecule has 36 heavy (non-hydrogen) atoms. The zero-order valence-corrected chi connectivity index (χ0v) is 20.8. The van der Waals surface area contributed by atoms with Gasteiger partial charge in [0.1, 0.15) is 0 Å². The number of aromatic nitrogens is 2. The number of hydrogen-bond acceptors (Lipinski definition) is 6. The number of thiazole rings is 1. The number of sulfonamides is 1. The average Bonchev–Trinajstić information content (AvgIpc) is 3.60. The van der Waals surface area contributed by atoms with Crippen LogP contribution in [0.15, 0.2) is 125 Å². The first kappa shape index (κ1) is 23.5. The summed E-state index contributed by atoms with van der Waals surface area (Å²) in [7, 11) is -3.71. The standard InChI is InChI=1S/C27H23N5O2S2/c33-36(34,30-27-28-17-19-35-27)26-15-13-23(14-16-26)31-18-7-12-25(31)20-29-32(24-10-5-2-6-11-24)21-22-8-3-1-4-9-22/h1-20H,21H2,(H,28,30)/b29-20+. The zero-order valence-electron chi connectivity index (χ0n) is 19.2. The molecule has 180 valence electrons. The van der Waals surface area contributed by atoms with Crippen molar-refractivity contribution in [2.24, 2.45) is 5.10 Å². The van der Waals surface area contributed by atoms with Crippen molar-refractivity contribution in [3.05, 3.63) is 126 Å². The van der Waals surface area contributed by atoms with Gasteiger partial charge in [-0.15, -0.1) is 11.3 Å². The van der Waals surface area contributed by atoms with Crippen molar-refractivity contribution in [2.75, 3.05) is 9.73 Å². The molecule has 0 aliphatic rings. The highest BCUT2D eigenvalue weighted by Gasteiger charge is 2.15. The summed E-state index contributed by atoms with van der Waals surface area (Å²) in [5, 5.41) is 8.80. The Balaban J connectivity index is 1.38. The molecule has 0 atom stereocenters. The minimum atomic E-state index is -3.71. The number of benzene rings is 3. The zero-order chi connectivity index (χ0) is 24.8. The van der Waals surface area contributed by atoms with Crippen molar-refractivity contribution in [1.29, 1.82) is 0 Å². The van der Waals surface area contributed by atoms with Crippen molar-refractivity contribution in [2.45, 2.75) is 11.4 Å². The molecule has 0 saturated heterocycles. The largest absolute Gasteiger partial charge is 0.316 e. The molecule has 3 aromatic carbocycles. The maximum Gasteiger partial charge on any atom is 0.263 e. The van der Waals surface area contributed by atoms with Crippen molar-refractivity contribution in [1.82, 2.24) is 9.55 Å². The SMILES string of the molecule is O=S(=O)(Nc1nccs1)c1ccc(-n2cccc2/C=N/N(Cc2ccccc2)c2ccccc2)cc1. The van der Waals surface area contributed by atoms with Crippen LogP contribution in [0.5, 0.6) is 0 Å². The lowest BCUT2D eigenvalue weighted by atomic mass is 10.2. The van der Waals surface area contributed by atoms with E-state index < -0.39 is 10.0 Å². The predicted molar refractivity (Wildman–Crippen MR) is 145 cm³/mol. The lowest BCUT2D eigenvalue weighted by molar-refractivity contribution is 0.601. The number of para-hydroxylation sites is 1. The Kier molecular flexibility index (Phi) is 6.92. The molecule has 0 aliphatic carbocycles. The van der Waals surface area contributed by atoms with Crippen LogP contribution < -0.4 is 9.73 Å². The number of rotatable bonds is 9. The number of nitrogens with one attached hydrogen (secondary N) is 1. The van der Waals surface area contributed by atoms with Crippen LogP contribution in [0.4, 0.5) is 10.8 Å². The summed E-state index contributed by atoms with van der Waals surface area (Å²) in [6.45, 7) is 0.626. The van der Waals surface area contributed by atoms with Gasteiger partial charge < -0.3 is 4.57 Å². The van der Waals surface area contributed by atoms with Gasteiger partial charge >= 0.3 is 0 Å². The predicted octanol–water partition coefficient (Wildman–Crippen LogP) is 5.78. The molecule has 0 spiro atoms. The Morgan fingerprint density at radius 2 is 1.64 bits per heavy atom. The van der Waals surface area contributed by atoms with Gasteiger partial charge in [-0.1, -0.05) is 48.5 Å². The normalized spacial score (nSPS) is 11.6. The van der Waals surface area contributed by atoms with E-state index in [1.165, 1.54) is 11.3 Å². The van der Waals surface area contributed by atoms with Gasteiger partial charge in [0, 0.05) is 23.5 Å². The van der Waals surface area contributed by atoms with Gasteiger partial charge in [0.2, 0.25) is 0 Å². The van der Waals surface area contributed by atoms with Crippen molar-refractivity contribution < 1.29 is 8.42 Å². The first-order chi connectivity index (χ1) is 17.6. The Morgan fingerprint density at radius 3 is 2.33 bits per heavy atom. The quantitative estimate of drug-likeness (QED) is 0.200. The van der Waals surface area contributed by atoms with Gasteiger partial charge in [-0.3, -0.25) is 9.73 Å². The first-order valence-electron chi connectivity index (χ1n) is 11.2. The van der Waals surface area contributed by atoms with E-state index in [-0.39, 0.29) is 4.90 Å². The summed E-state index contributed by atoms with van der Waals surface area (Å²) >= 11 is 1.23. The third kappa shape index (κ3) is 5.54. The van der Waals surface area contributed by atoms with Crippen LogP contribution in [-0.2, 0) is 16.6 Å². The molecule has 7 nitrogen and oxygen atoms in total. The average molecular weight is 514 g/mol. The fraction of sp³-hybridized carbons (Fsp3) is 0.0370. The van der Waals surface area contributed by atoms with E-state index in [0.717, 1.165) is 22.6 Å². The Labute approximate surface area is 214 Å². The highest BCUT2D eigenvalue weighted by molar-refractivity contribution is 7.93. The van der Waals surface area contributed by atoms with E-state index in [2.05, 4.69) is 21.8 Å². The van der Waals surface area contributed by atoms with Crippen LogP contribution in [0.1, 0.15) is 11.3 Å². The van der Waals surface area contributed by atoms with E-state index in [1.54, 1.807) is 35.8 Å². The molecule has 0 unspecified atom stereocenters. The Morgan fingerprint density at radius 1 is 0.917 bits per heavy atom. The molecule has 0 saturated carbocycles. The molecule has 5 rings (SSSR count). The van der Waals surface area contributed by atoms with E-state index >= 15 is 0 Å². The third-order valence-electron chi connectivity index (χ3n) is 5.42. The molecule has 0 aliphatic heterocycles. The lowest BCUT2D eigenvalue weighted by Gasteiger charge is -2.19. The molecule has 0 radical (unpaired) electrons. The molecule has 0 bridgehead atoms. The van der Waals surface area contributed by atoms with Gasteiger partial charge in [-0.05, 0) is 54.1 Å². The summed E-state index contributed by atoms with van der Waals surface area (Å²) in [6, 6.07) is 30.8. The molecule has 9 heteroatoms. The number of hydrogen-bond donors (Lipinski definition) is 1. The molecule has 2 aromatic heterocycles. The summed E-state index contributed by atoms with van der Waals surface area (Å²) in [5.41, 5.74) is 3.82. The van der Waals surface area contributed by atoms with Gasteiger partial charge in [0.25, 0.3) is 10.0 Å². The first-order valence-corrected chi connectivity index (χ1v) is 13.6. The van der Waals surface area contributed by atoms with Crippen LogP contribution in [0.25, 0.3) is 5.69 Å². The molecule has 0 fully saturated rings. The molecule has 0 amide bonds. The highest BCUT2D eigenvalue weighted by Crippen LogP contribution is 2.21. The van der Waals surface area contributed by atoms with E-state index in [1.807, 2.05) is 82.7 Å². The second kappa shape index (κ2) is 10.6. The van der Waals surface area contributed by atoms with E-state index in [9.17, 15) is 8.42 Å². The fourth-order valence-corrected chi connectivity index (χ4v) is 5.44. The minimum absolute atomic E-state index is 0.168. The maximum absolute atomic E-state index is 12.6. The summed E-state index contributed by atoms with van der Waals surface area (Å²) < 4.78 is 29.7. The van der Waals surface area contributed by atoms with E-state index in [0.29, 0.717) is 11.7 Å². The monoisotopic (exact) mass is 513 g/mol. The summed E-state index contributed by atoms with van der Waals surface area (Å²) in [6.07, 6.45) is 5.28. The van der Waals surface area contributed by atoms with Crippen molar-refractivity contribution in [3.8, 4) is 5.69 Å². The molecule has 5 aromatic rings. The number of nitrogens with zero attached hydrogens (tertiary/aromatic N) is 4. The molecule has 2 heterocycles. The molecular formula is C27H23N5O2S2. The topological polar surface area (TPSA) is 79.6 Å². The summed E-state index contributed by atoms with van der Waals surface area (Å²) in [5.74, 6) is 0. The second-order valence-corrected chi connectivity index (χ2v) is 10.4. The van der Waals surface area contributed by atoms with Crippen LogP contribution in [-0.4, -0.2) is 24.2 Å². The van der Waals surface area contributed by atoms with Gasteiger partial charge in [0.15, 0.2) is 5.13 Å². The maximum atomic E-state index is 12.6.